The average molecular weight is 322 g/mol. The van der Waals surface area contributed by atoms with E-state index in [1.54, 1.807) is 0 Å². The van der Waals surface area contributed by atoms with Crippen molar-refractivity contribution in [1.29, 1.82) is 0 Å². The first-order chi connectivity index (χ1) is 9.10. The van der Waals surface area contributed by atoms with E-state index in [0.717, 1.165) is 23.1 Å². The van der Waals surface area contributed by atoms with Crippen LogP contribution in [0, 0.1) is 6.92 Å². The third-order valence-electron chi connectivity index (χ3n) is 3.33. The molecule has 1 atom stereocenters. The number of halogens is 1. The van der Waals surface area contributed by atoms with Crippen LogP contribution in [0.4, 0.5) is 0 Å². The Morgan fingerprint density at radius 1 is 1.37 bits per heavy atom. The zero-order chi connectivity index (χ0) is 13.8. The van der Waals surface area contributed by atoms with Gasteiger partial charge in [-0.15, -0.1) is 0 Å². The smallest absolute Gasteiger partial charge is 0.0596 e. The van der Waals surface area contributed by atoms with Crippen molar-refractivity contribution >= 4 is 15.9 Å². The standard InChI is InChI=1S/C15H20BrN3/c1-11-7-15(19(3)18-11)9-13(10-17-2)12-5-4-6-14(16)8-12/h4-8,13,17H,9-10H2,1-3H3. The molecule has 0 saturated heterocycles. The molecule has 0 radical (unpaired) electrons. The maximum Gasteiger partial charge on any atom is 0.0596 e. The SMILES string of the molecule is CNCC(Cc1cc(C)nn1C)c1cccc(Br)c1. The minimum Gasteiger partial charge on any atom is -0.319 e. The Labute approximate surface area is 123 Å². The summed E-state index contributed by atoms with van der Waals surface area (Å²) in [6, 6.07) is 10.7. The number of nitrogens with zero attached hydrogens (tertiary/aromatic N) is 2. The molecule has 4 heteroatoms. The minimum absolute atomic E-state index is 0.456. The molecule has 1 aromatic carbocycles. The Kier molecular flexibility index (Phi) is 4.77. The van der Waals surface area contributed by atoms with E-state index in [1.807, 2.05) is 25.7 Å². The number of nitrogens with one attached hydrogen (secondary N) is 1. The Morgan fingerprint density at radius 3 is 2.74 bits per heavy atom. The van der Waals surface area contributed by atoms with E-state index >= 15 is 0 Å². The van der Waals surface area contributed by atoms with Crippen LogP contribution >= 0.6 is 15.9 Å². The lowest BCUT2D eigenvalue weighted by atomic mass is 9.94. The summed E-state index contributed by atoms with van der Waals surface area (Å²) in [5.41, 5.74) is 3.70. The lowest BCUT2D eigenvalue weighted by Crippen LogP contribution is -2.20. The molecule has 102 valence electrons. The molecule has 1 N–H and O–H groups in total. The van der Waals surface area contributed by atoms with Gasteiger partial charge < -0.3 is 5.32 Å². The van der Waals surface area contributed by atoms with Gasteiger partial charge in [0.05, 0.1) is 5.69 Å². The highest BCUT2D eigenvalue weighted by Crippen LogP contribution is 2.23. The summed E-state index contributed by atoms with van der Waals surface area (Å²) in [4.78, 5) is 0. The van der Waals surface area contributed by atoms with Gasteiger partial charge in [-0.1, -0.05) is 28.1 Å². The largest absolute Gasteiger partial charge is 0.319 e. The summed E-state index contributed by atoms with van der Waals surface area (Å²) >= 11 is 3.55. The molecular weight excluding hydrogens is 302 g/mol. The second-order valence-corrected chi connectivity index (χ2v) is 5.83. The van der Waals surface area contributed by atoms with Crippen LogP contribution in [0.15, 0.2) is 34.8 Å². The third kappa shape index (κ3) is 3.67. The zero-order valence-electron chi connectivity index (χ0n) is 11.7. The predicted octanol–water partition coefficient (Wildman–Crippen LogP) is 3.04. The summed E-state index contributed by atoms with van der Waals surface area (Å²) in [5, 5.41) is 7.71. The second kappa shape index (κ2) is 6.35. The highest BCUT2D eigenvalue weighted by atomic mass is 79.9. The molecule has 0 aliphatic heterocycles. The van der Waals surface area contributed by atoms with Crippen molar-refractivity contribution in [2.24, 2.45) is 7.05 Å². The van der Waals surface area contributed by atoms with Crippen LogP contribution < -0.4 is 5.32 Å². The van der Waals surface area contributed by atoms with Crippen molar-refractivity contribution in [3.63, 3.8) is 0 Å². The van der Waals surface area contributed by atoms with Crippen LogP contribution in [0.25, 0.3) is 0 Å². The number of aryl methyl sites for hydroxylation is 2. The fourth-order valence-electron chi connectivity index (χ4n) is 2.42. The maximum atomic E-state index is 4.42. The topological polar surface area (TPSA) is 29.9 Å². The summed E-state index contributed by atoms with van der Waals surface area (Å²) in [5.74, 6) is 0.456. The molecular formula is C15H20BrN3. The van der Waals surface area contributed by atoms with E-state index < -0.39 is 0 Å². The van der Waals surface area contributed by atoms with Crippen LogP contribution in [-0.4, -0.2) is 23.4 Å². The fourth-order valence-corrected chi connectivity index (χ4v) is 2.84. The van der Waals surface area contributed by atoms with E-state index in [2.05, 4.69) is 56.7 Å². The van der Waals surface area contributed by atoms with Gasteiger partial charge in [-0.25, -0.2) is 0 Å². The Balaban J connectivity index is 2.23. The number of rotatable bonds is 5. The van der Waals surface area contributed by atoms with Crippen molar-refractivity contribution in [2.45, 2.75) is 19.3 Å². The van der Waals surface area contributed by atoms with Crippen LogP contribution in [0.3, 0.4) is 0 Å². The lowest BCUT2D eigenvalue weighted by Gasteiger charge is -2.17. The zero-order valence-corrected chi connectivity index (χ0v) is 13.2. The summed E-state index contributed by atoms with van der Waals surface area (Å²) in [6.45, 7) is 3.00. The maximum absolute atomic E-state index is 4.42. The first-order valence-electron chi connectivity index (χ1n) is 6.49. The molecule has 0 aliphatic rings. The van der Waals surface area contributed by atoms with Crippen LogP contribution in [-0.2, 0) is 13.5 Å². The molecule has 2 rings (SSSR count). The normalized spacial score (nSPS) is 12.6. The lowest BCUT2D eigenvalue weighted by molar-refractivity contribution is 0.591. The molecule has 1 heterocycles. The molecule has 19 heavy (non-hydrogen) atoms. The molecule has 0 fully saturated rings. The number of aromatic nitrogens is 2. The van der Waals surface area contributed by atoms with E-state index in [4.69, 9.17) is 0 Å². The van der Waals surface area contributed by atoms with Gasteiger partial charge in [0.2, 0.25) is 0 Å². The Hall–Kier alpha value is -1.13. The van der Waals surface area contributed by atoms with Crippen LogP contribution in [0.5, 0.6) is 0 Å². The number of hydrogen-bond acceptors (Lipinski definition) is 2. The molecule has 1 aromatic heterocycles. The fraction of sp³-hybridized carbons (Fsp3) is 0.400. The number of benzene rings is 1. The summed E-state index contributed by atoms with van der Waals surface area (Å²) < 4.78 is 3.11. The monoisotopic (exact) mass is 321 g/mol. The van der Waals surface area contributed by atoms with Gasteiger partial charge in [-0.05, 0) is 44.2 Å². The van der Waals surface area contributed by atoms with Crippen molar-refractivity contribution in [2.75, 3.05) is 13.6 Å². The van der Waals surface area contributed by atoms with Gasteiger partial charge >= 0.3 is 0 Å². The van der Waals surface area contributed by atoms with Gasteiger partial charge in [0.25, 0.3) is 0 Å². The van der Waals surface area contributed by atoms with E-state index in [-0.39, 0.29) is 0 Å². The summed E-state index contributed by atoms with van der Waals surface area (Å²) in [6.07, 6.45) is 0.995. The Bertz CT molecular complexity index is 548. The molecule has 3 nitrogen and oxygen atoms in total. The van der Waals surface area contributed by atoms with E-state index in [9.17, 15) is 0 Å². The van der Waals surface area contributed by atoms with Gasteiger partial charge in [-0.3, -0.25) is 4.68 Å². The quantitative estimate of drug-likeness (QED) is 0.917. The van der Waals surface area contributed by atoms with Gasteiger partial charge in [0, 0.05) is 29.7 Å². The van der Waals surface area contributed by atoms with Crippen molar-refractivity contribution in [1.82, 2.24) is 15.1 Å². The number of likely N-dealkylation sites (N-methyl/N-ethyl adjacent to an activating group) is 1. The van der Waals surface area contributed by atoms with Crippen molar-refractivity contribution in [3.8, 4) is 0 Å². The first kappa shape index (κ1) is 14.3. The predicted molar refractivity (Wildman–Crippen MR) is 82.5 cm³/mol. The molecule has 0 aliphatic carbocycles. The molecule has 0 saturated carbocycles. The number of hydrogen-bond donors (Lipinski definition) is 1. The highest BCUT2D eigenvalue weighted by Gasteiger charge is 2.14. The van der Waals surface area contributed by atoms with Crippen LogP contribution in [0.1, 0.15) is 22.9 Å². The van der Waals surface area contributed by atoms with E-state index in [0.29, 0.717) is 5.92 Å². The third-order valence-corrected chi connectivity index (χ3v) is 3.82. The first-order valence-corrected chi connectivity index (χ1v) is 7.29. The Morgan fingerprint density at radius 2 is 2.16 bits per heavy atom. The van der Waals surface area contributed by atoms with Gasteiger partial charge in [-0.2, -0.15) is 5.10 Å². The summed E-state index contributed by atoms with van der Waals surface area (Å²) in [7, 11) is 4.01. The van der Waals surface area contributed by atoms with Gasteiger partial charge in [0.1, 0.15) is 0 Å². The molecule has 2 aromatic rings. The minimum atomic E-state index is 0.456. The second-order valence-electron chi connectivity index (χ2n) is 4.91. The molecule has 0 bridgehead atoms. The highest BCUT2D eigenvalue weighted by molar-refractivity contribution is 9.10. The van der Waals surface area contributed by atoms with Crippen molar-refractivity contribution in [3.05, 3.63) is 51.8 Å². The van der Waals surface area contributed by atoms with Crippen LogP contribution in [0.2, 0.25) is 0 Å². The molecule has 1 unspecified atom stereocenters. The van der Waals surface area contributed by atoms with Crippen molar-refractivity contribution < 1.29 is 0 Å². The van der Waals surface area contributed by atoms with E-state index in [1.165, 1.54) is 11.3 Å². The van der Waals surface area contributed by atoms with Gasteiger partial charge in [0.15, 0.2) is 0 Å². The average Bonchev–Trinajstić information content (AvgIpc) is 2.67. The molecule has 0 spiro atoms. The molecule has 0 amide bonds.